The van der Waals surface area contributed by atoms with Gasteiger partial charge in [-0.05, 0) is 27.7 Å². The van der Waals surface area contributed by atoms with Crippen molar-refractivity contribution in [2.75, 3.05) is 20.1 Å². The molecule has 1 aromatic heterocycles. The van der Waals surface area contributed by atoms with Crippen molar-refractivity contribution in [3.63, 3.8) is 0 Å². The minimum Gasteiger partial charge on any atom is -0.355 e. The molecule has 0 saturated carbocycles. The van der Waals surface area contributed by atoms with Crippen molar-refractivity contribution < 1.29 is 0 Å². The first-order chi connectivity index (χ1) is 9.93. The van der Waals surface area contributed by atoms with Crippen molar-refractivity contribution in [2.45, 2.75) is 46.3 Å². The van der Waals surface area contributed by atoms with Crippen LogP contribution < -0.4 is 10.6 Å². The van der Waals surface area contributed by atoms with E-state index in [4.69, 9.17) is 0 Å². The van der Waals surface area contributed by atoms with E-state index in [0.29, 0.717) is 12.1 Å². The fraction of sp³-hybridized carbons (Fsp3) is 0.733. The molecule has 1 rings (SSSR count). The summed E-state index contributed by atoms with van der Waals surface area (Å²) in [4.78, 5) is 6.70. The van der Waals surface area contributed by atoms with E-state index in [0.717, 1.165) is 31.2 Å². The Morgan fingerprint density at radius 3 is 2.36 bits per heavy atom. The molecule has 1 aromatic rings. The Morgan fingerprint density at radius 1 is 1.27 bits per heavy atom. The third kappa shape index (κ3) is 7.44. The van der Waals surface area contributed by atoms with E-state index in [1.165, 1.54) is 0 Å². The number of aromatic nitrogens is 2. The number of halogens is 1. The number of aliphatic imine (C=N–C) groups is 1. The largest absolute Gasteiger partial charge is 0.355 e. The number of guanidine groups is 1. The van der Waals surface area contributed by atoms with Gasteiger partial charge >= 0.3 is 0 Å². The lowest BCUT2D eigenvalue weighted by molar-refractivity contribution is 0.178. The average molecular weight is 422 g/mol. The summed E-state index contributed by atoms with van der Waals surface area (Å²) in [5.41, 5.74) is 1.14. The standard InChI is InChI=1S/C15H30N6.HI/c1-12(2)21(13(3)4)8-7-17-15(16-5)18-9-14-10-19-20(6)11-14;/h10-13H,7-9H2,1-6H3,(H2,16,17,18);1H. The van der Waals surface area contributed by atoms with Crippen LogP contribution >= 0.6 is 24.0 Å². The summed E-state index contributed by atoms with van der Waals surface area (Å²) in [6, 6.07) is 1.11. The lowest BCUT2D eigenvalue weighted by Gasteiger charge is -2.30. The van der Waals surface area contributed by atoms with Gasteiger partial charge in [-0.25, -0.2) is 0 Å². The molecule has 0 aromatic carbocycles. The third-order valence-corrected chi connectivity index (χ3v) is 3.43. The molecule has 0 unspecified atom stereocenters. The van der Waals surface area contributed by atoms with Crippen LogP contribution in [0.1, 0.15) is 33.3 Å². The van der Waals surface area contributed by atoms with Crippen molar-refractivity contribution in [1.29, 1.82) is 0 Å². The number of nitrogens with zero attached hydrogens (tertiary/aromatic N) is 4. The summed E-state index contributed by atoms with van der Waals surface area (Å²) in [5, 5.41) is 10.8. The van der Waals surface area contributed by atoms with Crippen LogP contribution in [0, 0.1) is 0 Å². The van der Waals surface area contributed by atoms with E-state index in [1.807, 2.05) is 19.4 Å². The molecule has 128 valence electrons. The van der Waals surface area contributed by atoms with Gasteiger partial charge in [0.25, 0.3) is 0 Å². The smallest absolute Gasteiger partial charge is 0.191 e. The fourth-order valence-corrected chi connectivity index (χ4v) is 2.39. The van der Waals surface area contributed by atoms with Crippen molar-refractivity contribution >= 4 is 29.9 Å². The Balaban J connectivity index is 0.00000441. The molecule has 0 aliphatic carbocycles. The second-order valence-electron chi connectivity index (χ2n) is 5.80. The monoisotopic (exact) mass is 422 g/mol. The van der Waals surface area contributed by atoms with Crippen LogP contribution in [0.2, 0.25) is 0 Å². The molecule has 22 heavy (non-hydrogen) atoms. The highest BCUT2D eigenvalue weighted by molar-refractivity contribution is 14.0. The van der Waals surface area contributed by atoms with Gasteiger partial charge in [0, 0.05) is 57.6 Å². The predicted molar refractivity (Wildman–Crippen MR) is 104 cm³/mol. The van der Waals surface area contributed by atoms with Gasteiger partial charge in [0.05, 0.1) is 6.20 Å². The van der Waals surface area contributed by atoms with E-state index >= 15 is 0 Å². The Kier molecular flexibility index (Phi) is 10.4. The van der Waals surface area contributed by atoms with Gasteiger partial charge in [0.2, 0.25) is 0 Å². The summed E-state index contributed by atoms with van der Waals surface area (Å²) in [5.74, 6) is 0.825. The number of hydrogen-bond donors (Lipinski definition) is 2. The SMILES string of the molecule is CN=C(NCCN(C(C)C)C(C)C)NCc1cnn(C)c1.I. The topological polar surface area (TPSA) is 57.5 Å². The average Bonchev–Trinajstić information content (AvgIpc) is 2.82. The van der Waals surface area contributed by atoms with Crippen LogP contribution in [0.25, 0.3) is 0 Å². The van der Waals surface area contributed by atoms with E-state index in [9.17, 15) is 0 Å². The highest BCUT2D eigenvalue weighted by Gasteiger charge is 2.12. The van der Waals surface area contributed by atoms with Gasteiger partial charge in [-0.2, -0.15) is 5.10 Å². The number of nitrogens with one attached hydrogen (secondary N) is 2. The van der Waals surface area contributed by atoms with E-state index in [-0.39, 0.29) is 24.0 Å². The minimum atomic E-state index is 0. The molecule has 0 saturated heterocycles. The Hall–Kier alpha value is -0.830. The summed E-state index contributed by atoms with van der Waals surface area (Å²) in [6.07, 6.45) is 3.86. The Bertz CT molecular complexity index is 433. The van der Waals surface area contributed by atoms with Gasteiger partial charge < -0.3 is 10.6 Å². The highest BCUT2D eigenvalue weighted by Crippen LogP contribution is 2.03. The Morgan fingerprint density at radius 2 is 1.91 bits per heavy atom. The maximum absolute atomic E-state index is 4.25. The number of aryl methyl sites for hydroxylation is 1. The molecule has 0 atom stereocenters. The molecule has 0 aliphatic rings. The zero-order chi connectivity index (χ0) is 15.8. The van der Waals surface area contributed by atoms with Crippen LogP contribution in [-0.2, 0) is 13.6 Å². The third-order valence-electron chi connectivity index (χ3n) is 3.43. The second kappa shape index (κ2) is 10.8. The van der Waals surface area contributed by atoms with Crippen molar-refractivity contribution in [3.05, 3.63) is 18.0 Å². The zero-order valence-electron chi connectivity index (χ0n) is 14.6. The molecule has 0 aliphatic heterocycles. The predicted octanol–water partition coefficient (Wildman–Crippen LogP) is 1.82. The molecule has 2 N–H and O–H groups in total. The van der Waals surface area contributed by atoms with Crippen LogP contribution in [0.3, 0.4) is 0 Å². The lowest BCUT2D eigenvalue weighted by atomic mass is 10.2. The molecule has 1 heterocycles. The van der Waals surface area contributed by atoms with Crippen molar-refractivity contribution in [2.24, 2.45) is 12.0 Å². The van der Waals surface area contributed by atoms with Gasteiger partial charge in [-0.15, -0.1) is 24.0 Å². The normalized spacial score (nSPS) is 12.0. The van der Waals surface area contributed by atoms with Crippen LogP contribution in [0.5, 0.6) is 0 Å². The minimum absolute atomic E-state index is 0. The van der Waals surface area contributed by atoms with Gasteiger partial charge in [-0.1, -0.05) is 0 Å². The fourth-order valence-electron chi connectivity index (χ4n) is 2.39. The number of rotatable bonds is 7. The quantitative estimate of drug-likeness (QED) is 0.400. The summed E-state index contributed by atoms with van der Waals surface area (Å²) in [6.45, 7) is 11.5. The molecule has 7 heteroatoms. The number of hydrogen-bond acceptors (Lipinski definition) is 3. The first kappa shape index (κ1) is 21.2. The molecule has 0 spiro atoms. The maximum atomic E-state index is 4.25. The van der Waals surface area contributed by atoms with Gasteiger partial charge in [0.1, 0.15) is 0 Å². The molecule has 0 bridgehead atoms. The van der Waals surface area contributed by atoms with E-state index < -0.39 is 0 Å². The van der Waals surface area contributed by atoms with E-state index in [2.05, 4.69) is 53.3 Å². The van der Waals surface area contributed by atoms with Gasteiger partial charge in [0.15, 0.2) is 5.96 Å². The first-order valence-electron chi connectivity index (χ1n) is 7.61. The van der Waals surface area contributed by atoms with Crippen molar-refractivity contribution in [1.82, 2.24) is 25.3 Å². The van der Waals surface area contributed by atoms with Crippen LogP contribution in [0.4, 0.5) is 0 Å². The molecule has 0 radical (unpaired) electrons. The van der Waals surface area contributed by atoms with Gasteiger partial charge in [-0.3, -0.25) is 14.6 Å². The second-order valence-corrected chi connectivity index (χ2v) is 5.80. The Labute approximate surface area is 151 Å². The van der Waals surface area contributed by atoms with Crippen molar-refractivity contribution in [3.8, 4) is 0 Å². The molecule has 0 amide bonds. The molecular weight excluding hydrogens is 391 g/mol. The maximum Gasteiger partial charge on any atom is 0.191 e. The van der Waals surface area contributed by atoms with Crippen LogP contribution in [-0.4, -0.2) is 52.9 Å². The lowest BCUT2D eigenvalue weighted by Crippen LogP contribution is -2.45. The summed E-state index contributed by atoms with van der Waals surface area (Å²) in [7, 11) is 3.71. The highest BCUT2D eigenvalue weighted by atomic mass is 127. The summed E-state index contributed by atoms with van der Waals surface area (Å²) < 4.78 is 1.80. The zero-order valence-corrected chi connectivity index (χ0v) is 17.0. The summed E-state index contributed by atoms with van der Waals surface area (Å²) >= 11 is 0. The first-order valence-corrected chi connectivity index (χ1v) is 7.61. The molecular formula is C15H31IN6. The van der Waals surface area contributed by atoms with Crippen LogP contribution in [0.15, 0.2) is 17.4 Å². The molecule has 0 fully saturated rings. The van der Waals surface area contributed by atoms with E-state index in [1.54, 1.807) is 11.7 Å². The molecule has 6 nitrogen and oxygen atoms in total.